The van der Waals surface area contributed by atoms with Crippen LogP contribution in [0.25, 0.3) is 0 Å². The van der Waals surface area contributed by atoms with Gasteiger partial charge in [-0.1, -0.05) is 37.1 Å². The summed E-state index contributed by atoms with van der Waals surface area (Å²) < 4.78 is 0. The highest BCUT2D eigenvalue weighted by molar-refractivity contribution is 5.95. The van der Waals surface area contributed by atoms with Gasteiger partial charge in [0.2, 0.25) is 0 Å². The van der Waals surface area contributed by atoms with Gasteiger partial charge in [0.25, 0.3) is 11.6 Å². The standard InChI is InChI=1S/C22H27N3O3/c1-17-14-20(25(27)28)10-11-21(17)22(26)23-15-18-6-8-19(9-7-18)16-24-12-4-2-3-5-13-24/h6-11,14H,2-5,12-13,15-16H2,1H3,(H,23,26). The van der Waals surface area contributed by atoms with Crippen LogP contribution >= 0.6 is 0 Å². The fourth-order valence-electron chi connectivity index (χ4n) is 3.61. The molecule has 2 aromatic carbocycles. The van der Waals surface area contributed by atoms with E-state index in [4.69, 9.17) is 0 Å². The summed E-state index contributed by atoms with van der Waals surface area (Å²) in [5, 5.41) is 13.7. The van der Waals surface area contributed by atoms with Gasteiger partial charge in [-0.15, -0.1) is 0 Å². The van der Waals surface area contributed by atoms with Crippen molar-refractivity contribution in [2.45, 2.75) is 45.7 Å². The maximum atomic E-state index is 12.4. The summed E-state index contributed by atoms with van der Waals surface area (Å²) in [7, 11) is 0. The van der Waals surface area contributed by atoms with E-state index >= 15 is 0 Å². The monoisotopic (exact) mass is 381 g/mol. The Morgan fingerprint density at radius 2 is 1.68 bits per heavy atom. The summed E-state index contributed by atoms with van der Waals surface area (Å²) in [4.78, 5) is 25.3. The molecule has 1 fully saturated rings. The molecule has 6 nitrogen and oxygen atoms in total. The van der Waals surface area contributed by atoms with Gasteiger partial charge in [-0.3, -0.25) is 19.8 Å². The summed E-state index contributed by atoms with van der Waals surface area (Å²) in [6.07, 6.45) is 5.24. The molecule has 28 heavy (non-hydrogen) atoms. The Labute approximate surface area is 165 Å². The highest BCUT2D eigenvalue weighted by Gasteiger charge is 2.13. The highest BCUT2D eigenvalue weighted by Crippen LogP contribution is 2.17. The van der Waals surface area contributed by atoms with Crippen LogP contribution in [-0.4, -0.2) is 28.8 Å². The molecule has 6 heteroatoms. The molecule has 1 aliphatic rings. The lowest BCUT2D eigenvalue weighted by Crippen LogP contribution is -2.24. The largest absolute Gasteiger partial charge is 0.348 e. The van der Waals surface area contributed by atoms with Crippen LogP contribution in [0.15, 0.2) is 42.5 Å². The second-order valence-corrected chi connectivity index (χ2v) is 7.45. The van der Waals surface area contributed by atoms with Crippen molar-refractivity contribution in [2.24, 2.45) is 0 Å². The number of hydrogen-bond acceptors (Lipinski definition) is 4. The number of nitrogens with one attached hydrogen (secondary N) is 1. The average Bonchev–Trinajstić information content (AvgIpc) is 2.95. The topological polar surface area (TPSA) is 75.5 Å². The third kappa shape index (κ3) is 5.39. The summed E-state index contributed by atoms with van der Waals surface area (Å²) in [5.74, 6) is -0.221. The fraction of sp³-hybridized carbons (Fsp3) is 0.409. The van der Waals surface area contributed by atoms with Crippen molar-refractivity contribution in [3.05, 3.63) is 74.8 Å². The van der Waals surface area contributed by atoms with E-state index in [2.05, 4.69) is 34.5 Å². The van der Waals surface area contributed by atoms with E-state index in [0.717, 1.165) is 12.1 Å². The van der Waals surface area contributed by atoms with Gasteiger partial charge in [-0.25, -0.2) is 0 Å². The first kappa shape index (κ1) is 20.0. The summed E-state index contributed by atoms with van der Waals surface area (Å²) in [5.41, 5.74) is 3.38. The van der Waals surface area contributed by atoms with Gasteiger partial charge in [0.15, 0.2) is 0 Å². The third-order valence-corrected chi connectivity index (χ3v) is 5.25. The number of nitro groups is 1. The number of benzene rings is 2. The van der Waals surface area contributed by atoms with Crippen molar-refractivity contribution in [1.82, 2.24) is 10.2 Å². The van der Waals surface area contributed by atoms with Crippen LogP contribution in [0.5, 0.6) is 0 Å². The SMILES string of the molecule is Cc1cc([N+](=O)[O-])ccc1C(=O)NCc1ccc(CN2CCCCCC2)cc1. The van der Waals surface area contributed by atoms with Gasteiger partial charge in [-0.2, -0.15) is 0 Å². The predicted molar refractivity (Wildman–Crippen MR) is 109 cm³/mol. The molecule has 148 valence electrons. The van der Waals surface area contributed by atoms with E-state index in [1.54, 1.807) is 6.92 Å². The zero-order chi connectivity index (χ0) is 19.9. The molecule has 1 saturated heterocycles. The number of nitro benzene ring substituents is 1. The van der Waals surface area contributed by atoms with Crippen molar-refractivity contribution < 1.29 is 9.72 Å². The molecule has 1 amide bonds. The Morgan fingerprint density at radius 3 is 2.29 bits per heavy atom. The van der Waals surface area contributed by atoms with Gasteiger partial charge in [0.05, 0.1) is 4.92 Å². The van der Waals surface area contributed by atoms with Crippen LogP contribution in [0, 0.1) is 17.0 Å². The Kier molecular flexibility index (Phi) is 6.76. The molecule has 0 bridgehead atoms. The molecule has 0 aliphatic carbocycles. The summed E-state index contributed by atoms with van der Waals surface area (Å²) in [6, 6.07) is 12.7. The number of carbonyl (C=O) groups excluding carboxylic acids is 1. The van der Waals surface area contributed by atoms with Crippen LogP contribution < -0.4 is 5.32 Å². The molecule has 0 spiro atoms. The van der Waals surface area contributed by atoms with Crippen LogP contribution in [0.3, 0.4) is 0 Å². The second kappa shape index (κ2) is 9.46. The minimum absolute atomic E-state index is 0.00551. The lowest BCUT2D eigenvalue weighted by molar-refractivity contribution is -0.384. The lowest BCUT2D eigenvalue weighted by Gasteiger charge is -2.19. The molecule has 2 aromatic rings. The van der Waals surface area contributed by atoms with Crippen molar-refractivity contribution >= 4 is 11.6 Å². The first-order valence-corrected chi connectivity index (χ1v) is 9.86. The van der Waals surface area contributed by atoms with Crippen molar-refractivity contribution in [3.63, 3.8) is 0 Å². The van der Waals surface area contributed by atoms with Crippen LogP contribution in [0.4, 0.5) is 5.69 Å². The fourth-order valence-corrected chi connectivity index (χ4v) is 3.61. The van der Waals surface area contributed by atoms with Crippen LogP contribution in [0.2, 0.25) is 0 Å². The molecular formula is C22H27N3O3. The van der Waals surface area contributed by atoms with Crippen molar-refractivity contribution in [1.29, 1.82) is 0 Å². The van der Waals surface area contributed by atoms with Gasteiger partial charge in [0, 0.05) is 30.8 Å². The minimum Gasteiger partial charge on any atom is -0.348 e. The Bertz CT molecular complexity index is 825. The van der Waals surface area contributed by atoms with E-state index in [9.17, 15) is 14.9 Å². The molecule has 0 saturated carbocycles. The van der Waals surface area contributed by atoms with E-state index in [1.165, 1.54) is 62.5 Å². The molecule has 0 unspecified atom stereocenters. The number of likely N-dealkylation sites (tertiary alicyclic amines) is 1. The van der Waals surface area contributed by atoms with E-state index in [1.807, 2.05) is 0 Å². The first-order valence-electron chi connectivity index (χ1n) is 9.86. The number of nitrogens with zero attached hydrogens (tertiary/aromatic N) is 2. The van der Waals surface area contributed by atoms with Crippen molar-refractivity contribution in [3.8, 4) is 0 Å². The normalized spacial score (nSPS) is 15.0. The van der Waals surface area contributed by atoms with E-state index in [-0.39, 0.29) is 11.6 Å². The number of aryl methyl sites for hydroxylation is 1. The molecule has 3 rings (SSSR count). The Balaban J connectivity index is 1.54. The maximum absolute atomic E-state index is 12.4. The number of amides is 1. The van der Waals surface area contributed by atoms with Gasteiger partial charge >= 0.3 is 0 Å². The molecule has 1 N–H and O–H groups in total. The summed E-state index contributed by atoms with van der Waals surface area (Å²) in [6.45, 7) is 5.46. The minimum atomic E-state index is -0.456. The number of non-ortho nitro benzene ring substituents is 1. The van der Waals surface area contributed by atoms with Crippen LogP contribution in [0.1, 0.15) is 52.7 Å². The van der Waals surface area contributed by atoms with Gasteiger partial charge in [0.1, 0.15) is 0 Å². The molecule has 1 aliphatic heterocycles. The first-order chi connectivity index (χ1) is 13.5. The van der Waals surface area contributed by atoms with E-state index < -0.39 is 4.92 Å². The second-order valence-electron chi connectivity index (χ2n) is 7.45. The molecular weight excluding hydrogens is 354 g/mol. The molecule has 0 radical (unpaired) electrons. The molecule has 0 atom stereocenters. The highest BCUT2D eigenvalue weighted by atomic mass is 16.6. The lowest BCUT2D eigenvalue weighted by atomic mass is 10.1. The quantitative estimate of drug-likeness (QED) is 0.601. The smallest absolute Gasteiger partial charge is 0.269 e. The van der Waals surface area contributed by atoms with Gasteiger partial charge < -0.3 is 5.32 Å². The van der Waals surface area contributed by atoms with E-state index in [0.29, 0.717) is 17.7 Å². The Hall–Kier alpha value is -2.73. The van der Waals surface area contributed by atoms with Crippen LogP contribution in [-0.2, 0) is 13.1 Å². The predicted octanol–water partition coefficient (Wildman–Crippen LogP) is 4.21. The number of carbonyl (C=O) groups is 1. The molecule has 0 aromatic heterocycles. The Morgan fingerprint density at radius 1 is 1.04 bits per heavy atom. The van der Waals surface area contributed by atoms with Gasteiger partial charge in [-0.05, 0) is 55.6 Å². The summed E-state index contributed by atoms with van der Waals surface area (Å²) >= 11 is 0. The zero-order valence-corrected chi connectivity index (χ0v) is 16.3. The number of hydrogen-bond donors (Lipinski definition) is 1. The average molecular weight is 381 g/mol. The van der Waals surface area contributed by atoms with Crippen molar-refractivity contribution in [2.75, 3.05) is 13.1 Å². The molecule has 1 heterocycles. The third-order valence-electron chi connectivity index (χ3n) is 5.25. The number of rotatable bonds is 6. The maximum Gasteiger partial charge on any atom is 0.269 e. The zero-order valence-electron chi connectivity index (χ0n) is 16.3.